The largest absolute Gasteiger partial charge is 0.340 e. The Morgan fingerprint density at radius 1 is 1.20 bits per heavy atom. The van der Waals surface area contributed by atoms with Crippen LogP contribution in [0.5, 0.6) is 0 Å². The molecule has 20 heavy (non-hydrogen) atoms. The Morgan fingerprint density at radius 2 is 1.85 bits per heavy atom. The van der Waals surface area contributed by atoms with E-state index >= 15 is 0 Å². The van der Waals surface area contributed by atoms with Gasteiger partial charge in [-0.2, -0.15) is 0 Å². The van der Waals surface area contributed by atoms with E-state index in [2.05, 4.69) is 4.90 Å². The zero-order chi connectivity index (χ0) is 14.4. The predicted molar refractivity (Wildman–Crippen MR) is 81.6 cm³/mol. The average molecular weight is 275 g/mol. The van der Waals surface area contributed by atoms with Gasteiger partial charge in [-0.15, -0.1) is 0 Å². The van der Waals surface area contributed by atoms with E-state index in [1.54, 1.807) is 0 Å². The van der Waals surface area contributed by atoms with E-state index < -0.39 is 0 Å². The van der Waals surface area contributed by atoms with Gasteiger partial charge < -0.3 is 15.5 Å². The number of hydrogen-bond donors (Lipinski definition) is 1. The number of carbonyl (C=O) groups excluding carboxylic acids is 1. The van der Waals surface area contributed by atoms with Crippen molar-refractivity contribution in [2.75, 3.05) is 33.2 Å². The van der Waals surface area contributed by atoms with Crippen LogP contribution in [0.15, 0.2) is 24.3 Å². The molecular formula is C16H25N3O. The summed E-state index contributed by atoms with van der Waals surface area (Å²) in [7, 11) is 1.88. The van der Waals surface area contributed by atoms with E-state index in [1.807, 2.05) is 36.2 Å². The number of rotatable bonds is 5. The van der Waals surface area contributed by atoms with Gasteiger partial charge in [0.25, 0.3) is 5.91 Å². The van der Waals surface area contributed by atoms with E-state index in [0.717, 1.165) is 24.2 Å². The van der Waals surface area contributed by atoms with Crippen molar-refractivity contribution in [2.24, 2.45) is 5.73 Å². The molecular weight excluding hydrogens is 250 g/mol. The maximum absolute atomic E-state index is 12.3. The van der Waals surface area contributed by atoms with Gasteiger partial charge in [-0.05, 0) is 43.6 Å². The fourth-order valence-electron chi connectivity index (χ4n) is 2.58. The first-order valence-corrected chi connectivity index (χ1v) is 7.47. The molecule has 0 aliphatic carbocycles. The molecule has 1 aliphatic rings. The number of piperidine rings is 1. The zero-order valence-corrected chi connectivity index (χ0v) is 12.3. The van der Waals surface area contributed by atoms with Gasteiger partial charge in [-0.25, -0.2) is 0 Å². The van der Waals surface area contributed by atoms with Gasteiger partial charge in [0.15, 0.2) is 0 Å². The van der Waals surface area contributed by atoms with Crippen LogP contribution in [0, 0.1) is 0 Å². The Labute approximate surface area is 121 Å². The molecule has 110 valence electrons. The summed E-state index contributed by atoms with van der Waals surface area (Å²) in [5.74, 6) is 0.0885. The van der Waals surface area contributed by atoms with E-state index in [1.165, 1.54) is 32.4 Å². The van der Waals surface area contributed by atoms with Gasteiger partial charge in [-0.3, -0.25) is 4.79 Å². The van der Waals surface area contributed by atoms with Crippen molar-refractivity contribution in [3.05, 3.63) is 35.4 Å². The molecule has 0 aromatic heterocycles. The molecule has 0 radical (unpaired) electrons. The Kier molecular flexibility index (Phi) is 5.56. The van der Waals surface area contributed by atoms with Gasteiger partial charge in [0.1, 0.15) is 0 Å². The summed E-state index contributed by atoms with van der Waals surface area (Å²) >= 11 is 0. The summed E-state index contributed by atoms with van der Waals surface area (Å²) < 4.78 is 0. The minimum absolute atomic E-state index is 0.0885. The van der Waals surface area contributed by atoms with Gasteiger partial charge in [0.2, 0.25) is 0 Å². The van der Waals surface area contributed by atoms with Crippen LogP contribution in [0.4, 0.5) is 0 Å². The lowest BCUT2D eigenvalue weighted by Crippen LogP contribution is -2.38. The fraction of sp³-hybridized carbons (Fsp3) is 0.562. The highest BCUT2D eigenvalue weighted by Gasteiger charge is 2.14. The highest BCUT2D eigenvalue weighted by molar-refractivity contribution is 5.94. The second kappa shape index (κ2) is 7.41. The van der Waals surface area contributed by atoms with Crippen molar-refractivity contribution in [3.63, 3.8) is 0 Å². The number of benzene rings is 1. The monoisotopic (exact) mass is 275 g/mol. The van der Waals surface area contributed by atoms with Crippen LogP contribution >= 0.6 is 0 Å². The molecule has 2 N–H and O–H groups in total. The summed E-state index contributed by atoms with van der Waals surface area (Å²) in [4.78, 5) is 16.6. The Balaban J connectivity index is 1.83. The molecule has 2 rings (SSSR count). The average Bonchev–Trinajstić information content (AvgIpc) is 2.53. The fourth-order valence-corrected chi connectivity index (χ4v) is 2.58. The normalized spacial score (nSPS) is 16.1. The summed E-state index contributed by atoms with van der Waals surface area (Å²) in [6.45, 7) is 4.63. The Bertz CT molecular complexity index is 424. The molecule has 1 fully saturated rings. The standard InChI is InChI=1S/C16H25N3O/c1-18(11-12-19-9-3-2-4-10-19)16(20)15-7-5-14(13-17)6-8-15/h5-8H,2-4,9-13,17H2,1H3. The molecule has 0 bridgehead atoms. The lowest BCUT2D eigenvalue weighted by molar-refractivity contribution is 0.0773. The third-order valence-corrected chi connectivity index (χ3v) is 3.98. The third kappa shape index (κ3) is 4.05. The van der Waals surface area contributed by atoms with Crippen molar-refractivity contribution < 1.29 is 4.79 Å². The van der Waals surface area contributed by atoms with E-state index in [-0.39, 0.29) is 5.91 Å². The maximum Gasteiger partial charge on any atom is 0.253 e. The molecule has 1 aromatic carbocycles. The minimum atomic E-state index is 0.0885. The molecule has 0 unspecified atom stereocenters. The number of carbonyl (C=O) groups is 1. The zero-order valence-electron chi connectivity index (χ0n) is 12.3. The molecule has 1 aliphatic heterocycles. The van der Waals surface area contributed by atoms with Crippen molar-refractivity contribution >= 4 is 5.91 Å². The summed E-state index contributed by atoms with van der Waals surface area (Å²) in [6, 6.07) is 7.57. The number of likely N-dealkylation sites (N-methyl/N-ethyl adjacent to an activating group) is 1. The molecule has 0 atom stereocenters. The first-order valence-electron chi connectivity index (χ1n) is 7.47. The van der Waals surface area contributed by atoms with Crippen LogP contribution in [0.3, 0.4) is 0 Å². The molecule has 1 amide bonds. The summed E-state index contributed by atoms with van der Waals surface area (Å²) in [6.07, 6.45) is 3.93. The van der Waals surface area contributed by atoms with Gasteiger partial charge >= 0.3 is 0 Å². The van der Waals surface area contributed by atoms with E-state index in [4.69, 9.17) is 5.73 Å². The maximum atomic E-state index is 12.3. The Morgan fingerprint density at radius 3 is 2.45 bits per heavy atom. The molecule has 4 nitrogen and oxygen atoms in total. The third-order valence-electron chi connectivity index (χ3n) is 3.98. The quantitative estimate of drug-likeness (QED) is 0.890. The van der Waals surface area contributed by atoms with Crippen LogP contribution in [-0.2, 0) is 6.54 Å². The second-order valence-corrected chi connectivity index (χ2v) is 5.53. The second-order valence-electron chi connectivity index (χ2n) is 5.53. The highest BCUT2D eigenvalue weighted by Crippen LogP contribution is 2.09. The van der Waals surface area contributed by atoms with Crippen LogP contribution in [-0.4, -0.2) is 48.9 Å². The molecule has 1 aromatic rings. The highest BCUT2D eigenvalue weighted by atomic mass is 16.2. The molecule has 4 heteroatoms. The lowest BCUT2D eigenvalue weighted by atomic mass is 10.1. The van der Waals surface area contributed by atoms with Crippen LogP contribution in [0.2, 0.25) is 0 Å². The van der Waals surface area contributed by atoms with Crippen molar-refractivity contribution in [3.8, 4) is 0 Å². The van der Waals surface area contributed by atoms with E-state index in [9.17, 15) is 4.79 Å². The van der Waals surface area contributed by atoms with E-state index in [0.29, 0.717) is 6.54 Å². The number of nitrogens with zero attached hydrogens (tertiary/aromatic N) is 2. The number of likely N-dealkylation sites (tertiary alicyclic amines) is 1. The van der Waals surface area contributed by atoms with Gasteiger partial charge in [0, 0.05) is 32.2 Å². The van der Waals surface area contributed by atoms with Crippen molar-refractivity contribution in [2.45, 2.75) is 25.8 Å². The topological polar surface area (TPSA) is 49.6 Å². The van der Waals surface area contributed by atoms with Crippen LogP contribution in [0.1, 0.15) is 35.2 Å². The van der Waals surface area contributed by atoms with Crippen LogP contribution in [0.25, 0.3) is 0 Å². The lowest BCUT2D eigenvalue weighted by Gasteiger charge is -2.28. The first kappa shape index (κ1) is 15.0. The van der Waals surface area contributed by atoms with Crippen molar-refractivity contribution in [1.82, 2.24) is 9.80 Å². The summed E-state index contributed by atoms with van der Waals surface area (Å²) in [5.41, 5.74) is 7.36. The molecule has 0 spiro atoms. The SMILES string of the molecule is CN(CCN1CCCCC1)C(=O)c1ccc(CN)cc1. The van der Waals surface area contributed by atoms with Gasteiger partial charge in [-0.1, -0.05) is 18.6 Å². The molecule has 1 saturated heterocycles. The minimum Gasteiger partial charge on any atom is -0.340 e. The smallest absolute Gasteiger partial charge is 0.253 e. The summed E-state index contributed by atoms with van der Waals surface area (Å²) in [5, 5.41) is 0. The number of nitrogens with two attached hydrogens (primary N) is 1. The Hall–Kier alpha value is -1.39. The van der Waals surface area contributed by atoms with Gasteiger partial charge in [0.05, 0.1) is 0 Å². The molecule has 0 saturated carbocycles. The van der Waals surface area contributed by atoms with Crippen molar-refractivity contribution in [1.29, 1.82) is 0 Å². The predicted octanol–water partition coefficient (Wildman–Crippen LogP) is 1.70. The first-order chi connectivity index (χ1) is 9.70. The van der Waals surface area contributed by atoms with Crippen LogP contribution < -0.4 is 5.73 Å². The molecule has 1 heterocycles. The number of amides is 1. The number of hydrogen-bond acceptors (Lipinski definition) is 3.